The molecule has 0 saturated heterocycles. The van der Waals surface area contributed by atoms with Gasteiger partial charge in [-0.1, -0.05) is 41.4 Å². The Morgan fingerprint density at radius 2 is 1.95 bits per heavy atom. The zero-order valence-corrected chi connectivity index (χ0v) is 25.6. The second-order valence-corrected chi connectivity index (χ2v) is 10.9. The molecule has 0 aliphatic carbocycles. The van der Waals surface area contributed by atoms with Crippen LogP contribution in [0.4, 0.5) is 10.1 Å². The minimum atomic E-state index is -0.473. The third-order valence-electron chi connectivity index (χ3n) is 6.05. The quantitative estimate of drug-likeness (QED) is 0.188. The van der Waals surface area contributed by atoms with Gasteiger partial charge in [0, 0.05) is 26.1 Å². The van der Waals surface area contributed by atoms with E-state index in [2.05, 4.69) is 42.3 Å². The summed E-state index contributed by atoms with van der Waals surface area (Å²) in [6.45, 7) is 3.61. The van der Waals surface area contributed by atoms with E-state index >= 15 is 0 Å². The zero-order chi connectivity index (χ0) is 29.0. The molecule has 0 unspecified atom stereocenters. The Morgan fingerprint density at radius 1 is 1.23 bits per heavy atom. The Kier molecular flexibility index (Phi) is 9.60. The predicted octanol–water partition coefficient (Wildman–Crippen LogP) is 7.14. The van der Waals surface area contributed by atoms with Crippen molar-refractivity contribution in [3.8, 4) is 11.5 Å². The van der Waals surface area contributed by atoms with Gasteiger partial charge in [0.2, 0.25) is 0 Å². The van der Waals surface area contributed by atoms with Gasteiger partial charge in [-0.2, -0.15) is 9.78 Å². The molecule has 12 heteroatoms. The average molecular weight is 695 g/mol. The number of nitrogens with one attached hydrogen (secondary N) is 1. The summed E-state index contributed by atoms with van der Waals surface area (Å²) in [5.41, 5.74) is 1.20. The summed E-state index contributed by atoms with van der Waals surface area (Å²) in [5.74, 6) is -0.00310. The number of amides is 1. The number of ether oxygens (including phenoxy) is 2. The van der Waals surface area contributed by atoms with Crippen molar-refractivity contribution >= 4 is 72.2 Å². The van der Waals surface area contributed by atoms with Crippen LogP contribution >= 0.6 is 43.5 Å². The molecule has 40 heavy (non-hydrogen) atoms. The Labute approximate surface area is 251 Å². The fraction of sp³-hybridized carbons (Fsp3) is 0.214. The highest BCUT2D eigenvalue weighted by Gasteiger charge is 2.19. The Hall–Kier alpha value is -3.28. The standard InChI is InChI=1S/C28H24Br2ClFN4O4/c1-4-15(2)27-35-21-10-5-17(29)12-20(21)28(38)36(27)33-13-16-11-22(39-3)26(25(31)24(16)30)40-14-23(37)34-19-8-6-18(32)7-9-19/h5-13,15H,4,14H2,1-3H3,(H,34,37)/t15-/m1/s1. The van der Waals surface area contributed by atoms with E-state index in [1.54, 1.807) is 18.2 Å². The number of aromatic nitrogens is 2. The smallest absolute Gasteiger partial charge is 0.282 e. The first-order valence-corrected chi connectivity index (χ1v) is 14.1. The largest absolute Gasteiger partial charge is 0.493 e. The molecule has 1 heterocycles. The number of anilines is 1. The highest BCUT2D eigenvalue weighted by molar-refractivity contribution is 9.10. The first kappa shape index (κ1) is 29.7. The summed E-state index contributed by atoms with van der Waals surface area (Å²) in [5, 5.41) is 7.67. The van der Waals surface area contributed by atoms with Gasteiger partial charge in [0.15, 0.2) is 18.1 Å². The number of benzene rings is 3. The first-order valence-electron chi connectivity index (χ1n) is 12.1. The van der Waals surface area contributed by atoms with E-state index in [-0.39, 0.29) is 34.6 Å². The SMILES string of the molecule is CC[C@@H](C)c1nc2ccc(Br)cc2c(=O)n1N=Cc1cc(OC)c(OCC(=O)Nc2ccc(F)cc2)c(Cl)c1Br. The third-order valence-corrected chi connectivity index (χ3v) is 7.99. The molecule has 0 bridgehead atoms. The molecule has 1 N–H and O–H groups in total. The molecular weight excluding hydrogens is 671 g/mol. The Balaban J connectivity index is 1.65. The highest BCUT2D eigenvalue weighted by atomic mass is 79.9. The van der Waals surface area contributed by atoms with Crippen LogP contribution in [0.25, 0.3) is 10.9 Å². The summed E-state index contributed by atoms with van der Waals surface area (Å²) in [7, 11) is 1.43. The highest BCUT2D eigenvalue weighted by Crippen LogP contribution is 2.42. The first-order chi connectivity index (χ1) is 19.1. The number of rotatable bonds is 9. The van der Waals surface area contributed by atoms with Gasteiger partial charge in [-0.25, -0.2) is 9.37 Å². The van der Waals surface area contributed by atoms with E-state index in [1.807, 2.05) is 19.9 Å². The van der Waals surface area contributed by atoms with Gasteiger partial charge in [0.05, 0.1) is 24.2 Å². The van der Waals surface area contributed by atoms with Crippen LogP contribution in [0.1, 0.15) is 37.6 Å². The molecule has 3 aromatic carbocycles. The van der Waals surface area contributed by atoms with Crippen LogP contribution in [0, 0.1) is 5.82 Å². The van der Waals surface area contributed by atoms with E-state index in [0.717, 1.165) is 10.9 Å². The molecule has 1 aromatic heterocycles. The van der Waals surface area contributed by atoms with E-state index in [1.165, 1.54) is 42.3 Å². The maximum atomic E-state index is 13.4. The number of methoxy groups -OCH3 is 1. The van der Waals surface area contributed by atoms with Crippen molar-refractivity contribution in [1.82, 2.24) is 9.66 Å². The number of fused-ring (bicyclic) bond motifs is 1. The second kappa shape index (κ2) is 12.9. The minimum Gasteiger partial charge on any atom is -0.493 e. The summed E-state index contributed by atoms with van der Waals surface area (Å²) in [4.78, 5) is 30.5. The van der Waals surface area contributed by atoms with Crippen molar-refractivity contribution in [2.75, 3.05) is 19.0 Å². The van der Waals surface area contributed by atoms with Crippen molar-refractivity contribution < 1.29 is 18.7 Å². The number of hydrogen-bond acceptors (Lipinski definition) is 6. The average Bonchev–Trinajstić information content (AvgIpc) is 2.94. The van der Waals surface area contributed by atoms with Crippen LogP contribution in [0.2, 0.25) is 5.02 Å². The molecule has 1 atom stereocenters. The number of carbonyl (C=O) groups is 1. The maximum Gasteiger partial charge on any atom is 0.282 e. The van der Waals surface area contributed by atoms with Crippen molar-refractivity contribution in [3.63, 3.8) is 0 Å². The van der Waals surface area contributed by atoms with Gasteiger partial charge in [-0.15, -0.1) is 0 Å². The van der Waals surface area contributed by atoms with Gasteiger partial charge >= 0.3 is 0 Å². The van der Waals surface area contributed by atoms with E-state index in [4.69, 9.17) is 26.1 Å². The lowest BCUT2D eigenvalue weighted by Gasteiger charge is -2.16. The van der Waals surface area contributed by atoms with E-state index in [0.29, 0.717) is 32.5 Å². The molecule has 0 aliphatic rings. The Morgan fingerprint density at radius 3 is 2.62 bits per heavy atom. The third kappa shape index (κ3) is 6.54. The lowest BCUT2D eigenvalue weighted by molar-refractivity contribution is -0.118. The molecule has 0 radical (unpaired) electrons. The lowest BCUT2D eigenvalue weighted by atomic mass is 10.1. The van der Waals surface area contributed by atoms with Gasteiger partial charge in [-0.3, -0.25) is 9.59 Å². The van der Waals surface area contributed by atoms with Crippen molar-refractivity contribution in [1.29, 1.82) is 0 Å². The molecule has 0 spiro atoms. The molecule has 1 amide bonds. The summed E-state index contributed by atoms with van der Waals surface area (Å²) in [6, 6.07) is 12.3. The molecule has 8 nitrogen and oxygen atoms in total. The van der Waals surface area contributed by atoms with Crippen LogP contribution in [0.15, 0.2) is 67.4 Å². The monoisotopic (exact) mass is 692 g/mol. The van der Waals surface area contributed by atoms with Crippen LogP contribution < -0.4 is 20.3 Å². The fourth-order valence-corrected chi connectivity index (χ4v) is 4.77. The molecular formula is C28H24Br2ClFN4O4. The van der Waals surface area contributed by atoms with Gasteiger partial charge in [0.1, 0.15) is 16.7 Å². The van der Waals surface area contributed by atoms with E-state index in [9.17, 15) is 14.0 Å². The molecule has 208 valence electrons. The predicted molar refractivity (Wildman–Crippen MR) is 162 cm³/mol. The zero-order valence-electron chi connectivity index (χ0n) is 21.7. The summed E-state index contributed by atoms with van der Waals surface area (Å²) in [6.07, 6.45) is 2.23. The number of nitrogens with zero attached hydrogens (tertiary/aromatic N) is 3. The molecule has 0 fully saturated rings. The summed E-state index contributed by atoms with van der Waals surface area (Å²) < 4.78 is 26.7. The van der Waals surface area contributed by atoms with Crippen LogP contribution in [-0.4, -0.2) is 35.5 Å². The lowest BCUT2D eigenvalue weighted by Crippen LogP contribution is -2.23. The van der Waals surface area contributed by atoms with Crippen molar-refractivity contribution in [2.24, 2.45) is 5.10 Å². The van der Waals surface area contributed by atoms with Gasteiger partial charge in [-0.05, 0) is 70.9 Å². The number of halogens is 4. The van der Waals surface area contributed by atoms with Crippen LogP contribution in [0.3, 0.4) is 0 Å². The van der Waals surface area contributed by atoms with E-state index < -0.39 is 11.7 Å². The molecule has 4 rings (SSSR count). The van der Waals surface area contributed by atoms with Gasteiger partial charge in [0.25, 0.3) is 11.5 Å². The van der Waals surface area contributed by atoms with Crippen molar-refractivity contribution in [2.45, 2.75) is 26.2 Å². The molecule has 0 aliphatic heterocycles. The topological polar surface area (TPSA) is 94.8 Å². The molecule has 0 saturated carbocycles. The normalized spacial score (nSPS) is 12.1. The maximum absolute atomic E-state index is 13.4. The minimum absolute atomic E-state index is 0.0312. The summed E-state index contributed by atoms with van der Waals surface area (Å²) >= 11 is 13.5. The number of hydrogen-bond donors (Lipinski definition) is 1. The van der Waals surface area contributed by atoms with Gasteiger partial charge < -0.3 is 14.8 Å². The Bertz CT molecular complexity index is 1660. The van der Waals surface area contributed by atoms with Crippen LogP contribution in [0.5, 0.6) is 11.5 Å². The second-order valence-electron chi connectivity index (χ2n) is 8.77. The number of carbonyl (C=O) groups excluding carboxylic acids is 1. The fourth-order valence-electron chi connectivity index (χ4n) is 3.75. The van der Waals surface area contributed by atoms with Crippen LogP contribution in [-0.2, 0) is 4.79 Å². The van der Waals surface area contributed by atoms with Crippen molar-refractivity contribution in [3.05, 3.63) is 90.1 Å². The molecule has 4 aromatic rings.